The van der Waals surface area contributed by atoms with E-state index in [1.807, 2.05) is 23.6 Å². The van der Waals surface area contributed by atoms with E-state index in [0.717, 1.165) is 29.9 Å². The average Bonchev–Trinajstić information content (AvgIpc) is 3.05. The van der Waals surface area contributed by atoms with Gasteiger partial charge in [0.05, 0.1) is 10.4 Å². The molecule has 0 saturated carbocycles. The fourth-order valence-corrected chi connectivity index (χ4v) is 5.98. The summed E-state index contributed by atoms with van der Waals surface area (Å²) in [5.74, 6) is 0.442. The lowest BCUT2D eigenvalue weighted by Crippen LogP contribution is -2.31. The van der Waals surface area contributed by atoms with Gasteiger partial charge in [-0.2, -0.15) is 0 Å². The number of benzene rings is 2. The number of sulfone groups is 1. The number of fused-ring (bicyclic) bond motifs is 2. The number of hydrogen-bond donors (Lipinski definition) is 0. The van der Waals surface area contributed by atoms with Crippen LogP contribution in [0, 0.1) is 12.7 Å². The van der Waals surface area contributed by atoms with Crippen LogP contribution in [0.5, 0.6) is 0 Å². The molecule has 0 fully saturated rings. The molecule has 0 saturated heterocycles. The van der Waals surface area contributed by atoms with Crippen molar-refractivity contribution in [3.63, 3.8) is 0 Å². The minimum Gasteiger partial charge on any atom is -0.350 e. The molecule has 1 aliphatic rings. The minimum absolute atomic E-state index is 0.310. The smallest absolute Gasteiger partial charge is 0.177 e. The number of anilines is 1. The second-order valence-electron chi connectivity index (χ2n) is 8.37. The van der Waals surface area contributed by atoms with Crippen LogP contribution in [0.25, 0.3) is 10.9 Å². The molecule has 0 amide bonds. The average molecular weight is 450 g/mol. The predicted octanol–water partition coefficient (Wildman–Crippen LogP) is 4.50. The van der Waals surface area contributed by atoms with E-state index in [2.05, 4.69) is 23.1 Å². The van der Waals surface area contributed by atoms with Gasteiger partial charge in [-0.05, 0) is 48.2 Å². The molecular weight excluding hydrogens is 425 g/mol. The summed E-state index contributed by atoms with van der Waals surface area (Å²) in [5.41, 5.74) is 4.76. The highest BCUT2D eigenvalue weighted by molar-refractivity contribution is 7.91. The third kappa shape index (κ3) is 3.56. The van der Waals surface area contributed by atoms with E-state index < -0.39 is 9.84 Å². The molecule has 5 rings (SSSR count). The molecule has 0 spiro atoms. The normalized spacial score (nSPS) is 14.0. The van der Waals surface area contributed by atoms with E-state index in [1.165, 1.54) is 29.5 Å². The monoisotopic (exact) mass is 449 g/mol. The van der Waals surface area contributed by atoms with Gasteiger partial charge < -0.3 is 9.47 Å². The molecule has 7 heteroatoms. The molecule has 5 nitrogen and oxygen atoms in total. The van der Waals surface area contributed by atoms with Gasteiger partial charge >= 0.3 is 0 Å². The van der Waals surface area contributed by atoms with Gasteiger partial charge in [0.2, 0.25) is 0 Å². The van der Waals surface area contributed by atoms with Crippen LogP contribution in [0.4, 0.5) is 10.2 Å². The summed E-state index contributed by atoms with van der Waals surface area (Å²) in [5, 5.41) is 0.658. The van der Waals surface area contributed by atoms with Gasteiger partial charge in [-0.1, -0.05) is 36.4 Å². The van der Waals surface area contributed by atoms with Crippen LogP contribution < -0.4 is 4.90 Å². The SMILES string of the molecule is Cc1c(S(C)(=O)=O)c2ccnc(N3CCc4ccccc4C3)c2n1Cc1cccc(F)c1. The highest BCUT2D eigenvalue weighted by Crippen LogP contribution is 2.36. The van der Waals surface area contributed by atoms with Crippen molar-refractivity contribution in [1.82, 2.24) is 9.55 Å². The van der Waals surface area contributed by atoms with Gasteiger partial charge in [0.15, 0.2) is 15.7 Å². The summed E-state index contributed by atoms with van der Waals surface area (Å²) in [4.78, 5) is 7.21. The summed E-state index contributed by atoms with van der Waals surface area (Å²) < 4.78 is 41.3. The Bertz CT molecular complexity index is 1440. The molecule has 0 bridgehead atoms. The van der Waals surface area contributed by atoms with Crippen molar-refractivity contribution in [2.75, 3.05) is 17.7 Å². The first kappa shape index (κ1) is 20.7. The Labute approximate surface area is 187 Å². The molecule has 3 heterocycles. The molecule has 0 N–H and O–H groups in total. The van der Waals surface area contributed by atoms with Crippen LogP contribution >= 0.6 is 0 Å². The van der Waals surface area contributed by atoms with Crippen LogP contribution in [-0.4, -0.2) is 30.8 Å². The molecule has 0 unspecified atom stereocenters. The topological polar surface area (TPSA) is 55.2 Å². The maximum Gasteiger partial charge on any atom is 0.177 e. The van der Waals surface area contributed by atoms with Crippen LogP contribution in [0.3, 0.4) is 0 Å². The van der Waals surface area contributed by atoms with Crippen molar-refractivity contribution in [3.05, 3.63) is 89.0 Å². The molecule has 164 valence electrons. The first-order chi connectivity index (χ1) is 15.3. The molecule has 32 heavy (non-hydrogen) atoms. The number of halogens is 1. The second-order valence-corrected chi connectivity index (χ2v) is 10.3. The Kier molecular flexibility index (Phi) is 5.01. The molecule has 0 radical (unpaired) electrons. The molecule has 0 atom stereocenters. The van der Waals surface area contributed by atoms with Gasteiger partial charge in [0, 0.05) is 43.2 Å². The van der Waals surface area contributed by atoms with Crippen LogP contribution in [0.1, 0.15) is 22.4 Å². The quantitative estimate of drug-likeness (QED) is 0.460. The zero-order chi connectivity index (χ0) is 22.5. The van der Waals surface area contributed by atoms with Crippen LogP contribution in [0.15, 0.2) is 65.7 Å². The lowest BCUT2D eigenvalue weighted by Gasteiger charge is -2.30. The van der Waals surface area contributed by atoms with Crippen molar-refractivity contribution in [2.24, 2.45) is 0 Å². The van der Waals surface area contributed by atoms with Crippen molar-refractivity contribution in [1.29, 1.82) is 0 Å². The van der Waals surface area contributed by atoms with Gasteiger partial charge in [-0.15, -0.1) is 0 Å². The van der Waals surface area contributed by atoms with Crippen molar-refractivity contribution in [3.8, 4) is 0 Å². The fourth-order valence-electron chi connectivity index (χ4n) is 4.77. The van der Waals surface area contributed by atoms with Crippen LogP contribution in [-0.2, 0) is 29.3 Å². The van der Waals surface area contributed by atoms with E-state index in [1.54, 1.807) is 18.3 Å². The first-order valence-corrected chi connectivity index (χ1v) is 12.5. The number of nitrogens with zero attached hydrogens (tertiary/aromatic N) is 3. The Morgan fingerprint density at radius 1 is 1.06 bits per heavy atom. The second kappa shape index (κ2) is 7.74. The summed E-state index contributed by atoms with van der Waals surface area (Å²) >= 11 is 0. The van der Waals surface area contributed by atoms with Gasteiger partial charge in [0.25, 0.3) is 0 Å². The van der Waals surface area contributed by atoms with Gasteiger partial charge in [-0.3, -0.25) is 0 Å². The molecule has 1 aliphatic heterocycles. The van der Waals surface area contributed by atoms with E-state index >= 15 is 0 Å². The number of rotatable bonds is 4. The Balaban J connectivity index is 1.71. The Hall–Kier alpha value is -3.19. The highest BCUT2D eigenvalue weighted by atomic mass is 32.2. The maximum absolute atomic E-state index is 13.9. The third-order valence-corrected chi connectivity index (χ3v) is 7.44. The summed E-state index contributed by atoms with van der Waals surface area (Å²) in [6.45, 7) is 3.67. The van der Waals surface area contributed by atoms with Gasteiger partial charge in [-0.25, -0.2) is 17.8 Å². The Morgan fingerprint density at radius 3 is 2.59 bits per heavy atom. The third-order valence-electron chi connectivity index (χ3n) is 6.18. The summed E-state index contributed by atoms with van der Waals surface area (Å²) in [7, 11) is -3.48. The summed E-state index contributed by atoms with van der Waals surface area (Å²) in [6.07, 6.45) is 3.81. The lowest BCUT2D eigenvalue weighted by molar-refractivity contribution is 0.601. The van der Waals surface area contributed by atoms with E-state index in [-0.39, 0.29) is 5.82 Å². The molecule has 0 aliphatic carbocycles. The standard InChI is InChI=1S/C25H24FN3O2S/c1-17-24(32(2,30)31)22-10-12-27-25(28-13-11-19-7-3-4-8-20(19)16-28)23(22)29(17)15-18-6-5-9-21(26)14-18/h3-10,12,14H,11,13,15-16H2,1-2H3. The lowest BCUT2D eigenvalue weighted by atomic mass is 10.00. The number of aromatic nitrogens is 2. The van der Waals surface area contributed by atoms with E-state index in [0.29, 0.717) is 29.1 Å². The largest absolute Gasteiger partial charge is 0.350 e. The number of hydrogen-bond acceptors (Lipinski definition) is 4. The number of pyridine rings is 1. The predicted molar refractivity (Wildman–Crippen MR) is 124 cm³/mol. The molecule has 4 aromatic rings. The zero-order valence-electron chi connectivity index (χ0n) is 18.0. The molecule has 2 aromatic carbocycles. The van der Waals surface area contributed by atoms with Crippen molar-refractivity contribution < 1.29 is 12.8 Å². The van der Waals surface area contributed by atoms with E-state index in [4.69, 9.17) is 4.98 Å². The summed E-state index contributed by atoms with van der Waals surface area (Å²) in [6, 6.07) is 16.5. The Morgan fingerprint density at radius 2 is 1.84 bits per heavy atom. The first-order valence-electron chi connectivity index (χ1n) is 10.6. The fraction of sp³-hybridized carbons (Fsp3) is 0.240. The van der Waals surface area contributed by atoms with Crippen molar-refractivity contribution >= 4 is 26.6 Å². The van der Waals surface area contributed by atoms with Crippen molar-refractivity contribution in [2.45, 2.75) is 31.3 Å². The minimum atomic E-state index is -3.48. The highest BCUT2D eigenvalue weighted by Gasteiger charge is 2.27. The van der Waals surface area contributed by atoms with Gasteiger partial charge in [0.1, 0.15) is 5.82 Å². The van der Waals surface area contributed by atoms with E-state index in [9.17, 15) is 12.8 Å². The maximum atomic E-state index is 13.9. The zero-order valence-corrected chi connectivity index (χ0v) is 18.9. The molecule has 2 aromatic heterocycles. The molecular formula is C25H24FN3O2S. The van der Waals surface area contributed by atoms with Crippen LogP contribution in [0.2, 0.25) is 0 Å².